The molecule has 8 nitrogen and oxygen atoms in total. The molecule has 1 amide bonds. The van der Waals surface area contributed by atoms with E-state index < -0.39 is 27.1 Å². The van der Waals surface area contributed by atoms with Crippen LogP contribution in [-0.2, 0) is 0 Å². The number of nitro groups is 2. The number of amides is 1. The second kappa shape index (κ2) is 5.36. The minimum absolute atomic E-state index is 0.0383. The van der Waals surface area contributed by atoms with Gasteiger partial charge in [0, 0.05) is 18.2 Å². The Labute approximate surface area is 125 Å². The first-order chi connectivity index (χ1) is 10.4. The number of nitrogens with zero attached hydrogens (tertiary/aromatic N) is 2. The molecule has 0 spiro atoms. The zero-order valence-corrected chi connectivity index (χ0v) is 11.7. The second-order valence-corrected chi connectivity index (χ2v) is 6.01. The van der Waals surface area contributed by atoms with Gasteiger partial charge in [-0.05, 0) is 31.1 Å². The van der Waals surface area contributed by atoms with Gasteiger partial charge in [-0.3, -0.25) is 25.0 Å². The fourth-order valence-corrected chi connectivity index (χ4v) is 3.61. The molecule has 1 N–H and O–H groups in total. The Hall–Kier alpha value is -2.51. The normalized spacial score (nSPS) is 25.9. The Morgan fingerprint density at radius 1 is 1.05 bits per heavy atom. The lowest BCUT2D eigenvalue weighted by molar-refractivity contribution is -0.394. The quantitative estimate of drug-likeness (QED) is 0.677. The van der Waals surface area contributed by atoms with Crippen molar-refractivity contribution in [3.8, 4) is 0 Å². The molecule has 3 rings (SSSR count). The molecule has 1 aromatic carbocycles. The van der Waals surface area contributed by atoms with Crippen molar-refractivity contribution in [1.29, 1.82) is 0 Å². The summed E-state index contributed by atoms with van der Waals surface area (Å²) in [6.07, 6.45) is 4.32. The average Bonchev–Trinajstić information content (AvgIpc) is 3.09. The summed E-state index contributed by atoms with van der Waals surface area (Å²) in [5.41, 5.74) is -0.941. The molecule has 22 heavy (non-hydrogen) atoms. The number of benzene rings is 1. The number of carbonyl (C=O) groups excluding carboxylic acids is 1. The van der Waals surface area contributed by atoms with Crippen LogP contribution >= 0.6 is 0 Å². The van der Waals surface area contributed by atoms with E-state index >= 15 is 0 Å². The summed E-state index contributed by atoms with van der Waals surface area (Å²) in [6.45, 7) is 0. The maximum Gasteiger partial charge on any atom is 0.277 e. The van der Waals surface area contributed by atoms with Gasteiger partial charge < -0.3 is 5.32 Å². The zero-order valence-electron chi connectivity index (χ0n) is 11.7. The van der Waals surface area contributed by atoms with Crippen LogP contribution in [0.3, 0.4) is 0 Å². The molecule has 0 aliphatic heterocycles. The van der Waals surface area contributed by atoms with Crippen molar-refractivity contribution in [1.82, 2.24) is 5.32 Å². The number of hydrogen-bond acceptors (Lipinski definition) is 5. The van der Waals surface area contributed by atoms with Crippen LogP contribution in [0.5, 0.6) is 0 Å². The number of fused-ring (bicyclic) bond motifs is 2. The molecule has 3 atom stereocenters. The van der Waals surface area contributed by atoms with E-state index in [1.165, 1.54) is 6.42 Å². The minimum Gasteiger partial charge on any atom is -0.349 e. The Kier molecular flexibility index (Phi) is 3.51. The molecule has 8 heteroatoms. The lowest BCUT2D eigenvalue weighted by Crippen LogP contribution is -2.38. The van der Waals surface area contributed by atoms with Crippen molar-refractivity contribution in [3.05, 3.63) is 44.0 Å². The van der Waals surface area contributed by atoms with Crippen molar-refractivity contribution >= 4 is 17.3 Å². The predicted octanol–water partition coefficient (Wildman–Crippen LogP) is 2.42. The van der Waals surface area contributed by atoms with Crippen molar-refractivity contribution < 1.29 is 14.6 Å². The summed E-state index contributed by atoms with van der Waals surface area (Å²) in [5.74, 6) is 0.627. The summed E-state index contributed by atoms with van der Waals surface area (Å²) < 4.78 is 0. The van der Waals surface area contributed by atoms with Crippen molar-refractivity contribution in [2.24, 2.45) is 11.8 Å². The summed E-state index contributed by atoms with van der Waals surface area (Å²) in [7, 11) is 0. The van der Waals surface area contributed by atoms with E-state index in [2.05, 4.69) is 5.32 Å². The molecule has 2 aliphatic carbocycles. The Morgan fingerprint density at radius 2 is 1.68 bits per heavy atom. The SMILES string of the molecule is O=C(N[C@H]1C[C@H]2CC[C@H]1C2)c1cc([N+](=O)[O-])cc([N+](=O)[O-])c1. The van der Waals surface area contributed by atoms with Crippen molar-refractivity contribution in [2.45, 2.75) is 31.7 Å². The fourth-order valence-electron chi connectivity index (χ4n) is 3.61. The van der Waals surface area contributed by atoms with E-state index in [0.717, 1.165) is 37.5 Å². The Bertz CT molecular complexity index is 628. The molecule has 1 aromatic rings. The highest BCUT2D eigenvalue weighted by molar-refractivity contribution is 5.95. The van der Waals surface area contributed by atoms with Crippen LogP contribution in [0.15, 0.2) is 18.2 Å². The van der Waals surface area contributed by atoms with E-state index in [9.17, 15) is 25.0 Å². The molecule has 0 heterocycles. The molecular weight excluding hydrogens is 290 g/mol. The van der Waals surface area contributed by atoms with Crippen LogP contribution in [0.4, 0.5) is 11.4 Å². The van der Waals surface area contributed by atoms with E-state index in [1.54, 1.807) is 0 Å². The summed E-state index contributed by atoms with van der Waals surface area (Å²) >= 11 is 0. The van der Waals surface area contributed by atoms with Crippen molar-refractivity contribution in [3.63, 3.8) is 0 Å². The average molecular weight is 305 g/mol. The van der Waals surface area contributed by atoms with Crippen LogP contribution in [-0.4, -0.2) is 21.8 Å². The minimum atomic E-state index is -0.735. The number of rotatable bonds is 4. The summed E-state index contributed by atoms with van der Waals surface area (Å²) in [6, 6.07) is 3.09. The molecule has 0 unspecified atom stereocenters. The molecule has 2 aliphatic rings. The second-order valence-electron chi connectivity index (χ2n) is 6.01. The molecule has 0 aromatic heterocycles. The van der Waals surface area contributed by atoms with Crippen LogP contribution in [0.1, 0.15) is 36.0 Å². The topological polar surface area (TPSA) is 115 Å². The molecule has 2 saturated carbocycles. The van der Waals surface area contributed by atoms with Crippen molar-refractivity contribution in [2.75, 3.05) is 0 Å². The van der Waals surface area contributed by atoms with Gasteiger partial charge in [-0.2, -0.15) is 0 Å². The maximum atomic E-state index is 12.3. The summed E-state index contributed by atoms with van der Waals surface area (Å²) in [4.78, 5) is 32.5. The van der Waals surface area contributed by atoms with Crippen LogP contribution < -0.4 is 5.32 Å². The predicted molar refractivity (Wildman–Crippen MR) is 76.5 cm³/mol. The highest BCUT2D eigenvalue weighted by Gasteiger charge is 2.40. The van der Waals surface area contributed by atoms with Gasteiger partial charge in [0.05, 0.1) is 21.5 Å². The molecule has 0 radical (unpaired) electrons. The monoisotopic (exact) mass is 305 g/mol. The third kappa shape index (κ3) is 2.63. The zero-order chi connectivity index (χ0) is 15.9. The first-order valence-corrected chi connectivity index (χ1v) is 7.19. The van der Waals surface area contributed by atoms with Gasteiger partial charge >= 0.3 is 0 Å². The molecule has 2 fully saturated rings. The van der Waals surface area contributed by atoms with Crippen LogP contribution in [0, 0.1) is 32.1 Å². The van der Waals surface area contributed by atoms with E-state index in [4.69, 9.17) is 0 Å². The smallest absolute Gasteiger partial charge is 0.277 e. The van der Waals surface area contributed by atoms with Gasteiger partial charge in [0.2, 0.25) is 0 Å². The van der Waals surface area contributed by atoms with E-state index in [0.29, 0.717) is 11.8 Å². The molecule has 0 saturated heterocycles. The highest BCUT2D eigenvalue weighted by atomic mass is 16.6. The molecule has 116 valence electrons. The number of hydrogen-bond donors (Lipinski definition) is 1. The third-order valence-electron chi connectivity index (χ3n) is 4.64. The first kappa shape index (κ1) is 14.4. The highest BCUT2D eigenvalue weighted by Crippen LogP contribution is 2.44. The Morgan fingerprint density at radius 3 is 2.14 bits per heavy atom. The third-order valence-corrected chi connectivity index (χ3v) is 4.64. The Balaban J connectivity index is 1.82. The van der Waals surface area contributed by atoms with E-state index in [-0.39, 0.29) is 11.6 Å². The molecular formula is C14H15N3O5. The number of non-ortho nitro benzene ring substituents is 2. The number of nitro benzene ring substituents is 2. The maximum absolute atomic E-state index is 12.3. The van der Waals surface area contributed by atoms with Gasteiger partial charge in [0.1, 0.15) is 0 Å². The molecule has 2 bridgehead atoms. The lowest BCUT2D eigenvalue weighted by Gasteiger charge is -2.22. The fraction of sp³-hybridized carbons (Fsp3) is 0.500. The lowest BCUT2D eigenvalue weighted by atomic mass is 9.95. The van der Waals surface area contributed by atoms with Gasteiger partial charge in [-0.25, -0.2) is 0 Å². The largest absolute Gasteiger partial charge is 0.349 e. The number of nitrogens with one attached hydrogen (secondary N) is 1. The van der Waals surface area contributed by atoms with Gasteiger partial charge in [0.15, 0.2) is 0 Å². The van der Waals surface area contributed by atoms with Crippen LogP contribution in [0.2, 0.25) is 0 Å². The van der Waals surface area contributed by atoms with Gasteiger partial charge in [-0.15, -0.1) is 0 Å². The van der Waals surface area contributed by atoms with E-state index in [1.807, 2.05) is 0 Å². The van der Waals surface area contributed by atoms with Gasteiger partial charge in [0.25, 0.3) is 17.3 Å². The standard InChI is InChI=1S/C14H15N3O5/c18-14(15-13-4-8-1-2-9(13)3-8)10-5-11(16(19)20)7-12(6-10)17(21)22/h5-9,13H,1-4H2,(H,15,18)/t8-,9-,13-/m0/s1. The summed E-state index contributed by atoms with van der Waals surface area (Å²) in [5, 5.41) is 24.6. The van der Waals surface area contributed by atoms with Gasteiger partial charge in [-0.1, -0.05) is 6.42 Å². The number of carbonyl (C=O) groups is 1. The first-order valence-electron chi connectivity index (χ1n) is 7.19. The van der Waals surface area contributed by atoms with Crippen LogP contribution in [0.25, 0.3) is 0 Å².